The van der Waals surface area contributed by atoms with Gasteiger partial charge in [0.1, 0.15) is 0 Å². The summed E-state index contributed by atoms with van der Waals surface area (Å²) in [6, 6.07) is 0. The maximum Gasteiger partial charge on any atom is 0.220 e. The molecule has 2 aliphatic heterocycles. The fraction of sp³-hybridized carbons (Fsp3) is 0.923. The number of amides is 1. The monoisotopic (exact) mass is 256 g/mol. The molecule has 0 bridgehead atoms. The van der Waals surface area contributed by atoms with Crippen LogP contribution in [0.3, 0.4) is 0 Å². The first-order valence-electron chi connectivity index (χ1n) is 6.74. The highest BCUT2D eigenvalue weighted by atomic mass is 16.5. The maximum absolute atomic E-state index is 11.8. The first-order valence-corrected chi connectivity index (χ1v) is 6.74. The Morgan fingerprint density at radius 2 is 2.28 bits per heavy atom. The molecule has 0 saturated carbocycles. The summed E-state index contributed by atoms with van der Waals surface area (Å²) < 4.78 is 5.15. The van der Waals surface area contributed by atoms with Gasteiger partial charge in [0.2, 0.25) is 5.91 Å². The van der Waals surface area contributed by atoms with Crippen LogP contribution < -0.4 is 10.6 Å². The highest BCUT2D eigenvalue weighted by molar-refractivity contribution is 5.76. The minimum Gasteiger partial charge on any atom is -0.390 e. The minimum absolute atomic E-state index is 0.0482. The van der Waals surface area contributed by atoms with Crippen molar-refractivity contribution in [1.29, 1.82) is 0 Å². The zero-order valence-electron chi connectivity index (χ0n) is 11.2. The molecule has 1 unspecified atom stereocenters. The van der Waals surface area contributed by atoms with Crippen molar-refractivity contribution in [1.82, 2.24) is 10.6 Å². The van der Waals surface area contributed by atoms with Gasteiger partial charge in [0.05, 0.1) is 19.3 Å². The second kappa shape index (κ2) is 5.55. The van der Waals surface area contributed by atoms with Crippen molar-refractivity contribution < 1.29 is 14.6 Å². The molecular weight excluding hydrogens is 232 g/mol. The summed E-state index contributed by atoms with van der Waals surface area (Å²) in [6.45, 7) is 6.69. The van der Waals surface area contributed by atoms with Crippen molar-refractivity contribution in [3.8, 4) is 0 Å². The van der Waals surface area contributed by atoms with E-state index in [1.807, 2.05) is 0 Å². The molecule has 2 fully saturated rings. The topological polar surface area (TPSA) is 70.6 Å². The second-order valence-corrected chi connectivity index (χ2v) is 6.21. The predicted molar refractivity (Wildman–Crippen MR) is 68.1 cm³/mol. The van der Waals surface area contributed by atoms with Crippen molar-refractivity contribution in [3.63, 3.8) is 0 Å². The van der Waals surface area contributed by atoms with Crippen LogP contribution in [0.15, 0.2) is 0 Å². The Morgan fingerprint density at radius 3 is 2.83 bits per heavy atom. The number of aliphatic hydroxyl groups is 1. The van der Waals surface area contributed by atoms with Crippen LogP contribution in [0.5, 0.6) is 0 Å². The largest absolute Gasteiger partial charge is 0.390 e. The third-order valence-electron chi connectivity index (χ3n) is 3.87. The van der Waals surface area contributed by atoms with E-state index >= 15 is 0 Å². The average Bonchev–Trinajstić information content (AvgIpc) is 2.82. The van der Waals surface area contributed by atoms with E-state index < -0.39 is 6.10 Å². The van der Waals surface area contributed by atoms with Crippen LogP contribution in [-0.2, 0) is 9.53 Å². The van der Waals surface area contributed by atoms with Gasteiger partial charge < -0.3 is 20.5 Å². The third kappa shape index (κ3) is 3.67. The number of hydrogen-bond acceptors (Lipinski definition) is 4. The van der Waals surface area contributed by atoms with Crippen LogP contribution in [-0.4, -0.2) is 49.0 Å². The van der Waals surface area contributed by atoms with Crippen molar-refractivity contribution in [3.05, 3.63) is 0 Å². The number of hydrogen-bond donors (Lipinski definition) is 3. The SMILES string of the molecule is CC1(C)CC(CC(=O)NC[C@@H]2COC[C@@H]2O)CN1. The average molecular weight is 256 g/mol. The van der Waals surface area contributed by atoms with E-state index in [-0.39, 0.29) is 17.4 Å². The quantitative estimate of drug-likeness (QED) is 0.656. The summed E-state index contributed by atoms with van der Waals surface area (Å²) in [5.41, 5.74) is 0.153. The van der Waals surface area contributed by atoms with E-state index in [1.54, 1.807) is 0 Å². The van der Waals surface area contributed by atoms with Gasteiger partial charge in [-0.3, -0.25) is 4.79 Å². The van der Waals surface area contributed by atoms with Gasteiger partial charge in [0.25, 0.3) is 0 Å². The van der Waals surface area contributed by atoms with Gasteiger partial charge in [-0.2, -0.15) is 0 Å². The van der Waals surface area contributed by atoms with E-state index in [0.29, 0.717) is 32.1 Å². The fourth-order valence-corrected chi connectivity index (χ4v) is 2.79. The van der Waals surface area contributed by atoms with E-state index in [0.717, 1.165) is 13.0 Å². The van der Waals surface area contributed by atoms with Crippen LogP contribution in [0.2, 0.25) is 0 Å². The second-order valence-electron chi connectivity index (χ2n) is 6.21. The van der Waals surface area contributed by atoms with Crippen LogP contribution in [0, 0.1) is 11.8 Å². The van der Waals surface area contributed by atoms with Crippen LogP contribution >= 0.6 is 0 Å². The Balaban J connectivity index is 1.66. The zero-order chi connectivity index (χ0) is 13.2. The lowest BCUT2D eigenvalue weighted by Gasteiger charge is -2.17. The first-order chi connectivity index (χ1) is 8.46. The molecule has 0 aromatic carbocycles. The van der Waals surface area contributed by atoms with E-state index in [2.05, 4.69) is 24.5 Å². The number of rotatable bonds is 4. The molecule has 0 aliphatic carbocycles. The molecule has 0 radical (unpaired) electrons. The summed E-state index contributed by atoms with van der Waals surface area (Å²) >= 11 is 0. The van der Waals surface area contributed by atoms with Crippen LogP contribution in [0.25, 0.3) is 0 Å². The third-order valence-corrected chi connectivity index (χ3v) is 3.87. The van der Waals surface area contributed by atoms with Crippen LogP contribution in [0.1, 0.15) is 26.7 Å². The molecule has 0 aromatic rings. The van der Waals surface area contributed by atoms with Gasteiger partial charge in [-0.05, 0) is 32.7 Å². The molecule has 2 aliphatic rings. The molecule has 2 rings (SSSR count). The normalized spacial score (nSPS) is 34.7. The number of carbonyl (C=O) groups is 1. The number of aliphatic hydroxyl groups excluding tert-OH is 1. The van der Waals surface area contributed by atoms with Gasteiger partial charge in [0, 0.05) is 24.4 Å². The van der Waals surface area contributed by atoms with E-state index in [1.165, 1.54) is 0 Å². The fourth-order valence-electron chi connectivity index (χ4n) is 2.79. The van der Waals surface area contributed by atoms with Gasteiger partial charge in [-0.25, -0.2) is 0 Å². The standard InChI is InChI=1S/C13H24N2O3/c1-13(2)4-9(5-15-13)3-12(17)14-6-10-7-18-8-11(10)16/h9-11,15-16H,3-8H2,1-2H3,(H,14,17)/t9?,10-,11+/m1/s1. The molecule has 3 N–H and O–H groups in total. The summed E-state index contributed by atoms with van der Waals surface area (Å²) in [7, 11) is 0. The Kier molecular flexibility index (Phi) is 4.25. The molecule has 18 heavy (non-hydrogen) atoms. The molecule has 5 nitrogen and oxygen atoms in total. The van der Waals surface area contributed by atoms with Crippen molar-refractivity contribution in [2.75, 3.05) is 26.3 Å². The summed E-state index contributed by atoms with van der Waals surface area (Å²) in [5.74, 6) is 0.551. The number of carbonyl (C=O) groups excluding carboxylic acids is 1. The van der Waals surface area contributed by atoms with Crippen LogP contribution in [0.4, 0.5) is 0 Å². The zero-order valence-corrected chi connectivity index (χ0v) is 11.2. The predicted octanol–water partition coefficient (Wildman–Crippen LogP) is -0.112. The van der Waals surface area contributed by atoms with Crippen molar-refractivity contribution in [2.45, 2.75) is 38.3 Å². The highest BCUT2D eigenvalue weighted by Gasteiger charge is 2.32. The smallest absolute Gasteiger partial charge is 0.220 e. The molecule has 2 heterocycles. The van der Waals surface area contributed by atoms with Crippen molar-refractivity contribution in [2.24, 2.45) is 11.8 Å². The first kappa shape index (κ1) is 13.8. The van der Waals surface area contributed by atoms with Crippen molar-refractivity contribution >= 4 is 5.91 Å². The Hall–Kier alpha value is -0.650. The molecule has 5 heteroatoms. The molecule has 2 saturated heterocycles. The number of ether oxygens (including phenoxy) is 1. The van der Waals surface area contributed by atoms with Gasteiger partial charge in [-0.1, -0.05) is 0 Å². The lowest BCUT2D eigenvalue weighted by molar-refractivity contribution is -0.122. The van der Waals surface area contributed by atoms with E-state index in [9.17, 15) is 9.90 Å². The summed E-state index contributed by atoms with van der Waals surface area (Å²) in [4.78, 5) is 11.8. The molecule has 1 amide bonds. The van der Waals surface area contributed by atoms with Gasteiger partial charge >= 0.3 is 0 Å². The molecule has 0 spiro atoms. The van der Waals surface area contributed by atoms with E-state index in [4.69, 9.17) is 4.74 Å². The maximum atomic E-state index is 11.8. The van der Waals surface area contributed by atoms with Gasteiger partial charge in [0.15, 0.2) is 0 Å². The Morgan fingerprint density at radius 1 is 1.50 bits per heavy atom. The Labute approximate surface area is 108 Å². The summed E-state index contributed by atoms with van der Waals surface area (Å²) in [5, 5.41) is 15.9. The minimum atomic E-state index is -0.433. The molecule has 0 aromatic heterocycles. The summed E-state index contributed by atoms with van der Waals surface area (Å²) in [6.07, 6.45) is 1.17. The highest BCUT2D eigenvalue weighted by Crippen LogP contribution is 2.25. The lowest BCUT2D eigenvalue weighted by Crippen LogP contribution is -2.35. The molecule has 104 valence electrons. The van der Waals surface area contributed by atoms with Gasteiger partial charge in [-0.15, -0.1) is 0 Å². The lowest BCUT2D eigenvalue weighted by atomic mass is 9.94. The molecule has 3 atom stereocenters. The Bertz CT molecular complexity index is 307. The molecular formula is C13H24N2O3. The number of nitrogens with one attached hydrogen (secondary N) is 2.